The van der Waals surface area contributed by atoms with Crippen LogP contribution in [-0.4, -0.2) is 45.8 Å². The average Bonchev–Trinajstić information content (AvgIpc) is 2.89. The minimum Gasteiger partial charge on any atom is -0.493 e. The summed E-state index contributed by atoms with van der Waals surface area (Å²) in [6.07, 6.45) is 3.09. The Morgan fingerprint density at radius 3 is 2.28 bits per heavy atom. The molecular weight excluding hydrogens is 456 g/mol. The molecule has 0 unspecified atom stereocenters. The van der Waals surface area contributed by atoms with Crippen LogP contribution < -0.4 is 25.1 Å². The van der Waals surface area contributed by atoms with E-state index in [0.717, 1.165) is 11.3 Å². The average molecular weight is 487 g/mol. The molecule has 3 aromatic rings. The molecule has 0 fully saturated rings. The molecule has 8 heteroatoms. The van der Waals surface area contributed by atoms with Crippen LogP contribution in [0, 0.1) is 0 Å². The van der Waals surface area contributed by atoms with Crippen LogP contribution in [0.2, 0.25) is 0 Å². The van der Waals surface area contributed by atoms with E-state index in [1.54, 1.807) is 55.7 Å². The van der Waals surface area contributed by atoms with Gasteiger partial charge >= 0.3 is 0 Å². The molecule has 36 heavy (non-hydrogen) atoms. The van der Waals surface area contributed by atoms with E-state index in [1.807, 2.05) is 56.3 Å². The van der Waals surface area contributed by atoms with Crippen molar-refractivity contribution in [1.82, 2.24) is 10.7 Å². The maximum atomic E-state index is 13.0. The molecule has 0 aromatic heterocycles. The monoisotopic (exact) mass is 486 g/mol. The molecule has 0 spiro atoms. The van der Waals surface area contributed by atoms with E-state index in [-0.39, 0.29) is 5.70 Å². The number of hydrogen-bond donors (Lipinski definition) is 2. The van der Waals surface area contributed by atoms with Crippen LogP contribution in [0.15, 0.2) is 83.6 Å². The van der Waals surface area contributed by atoms with Gasteiger partial charge in [0.1, 0.15) is 5.70 Å². The summed E-state index contributed by atoms with van der Waals surface area (Å²) in [5.41, 5.74) is 5.44. The highest BCUT2D eigenvalue weighted by molar-refractivity contribution is 6.05. The molecule has 0 aliphatic heterocycles. The first-order valence-corrected chi connectivity index (χ1v) is 11.4. The lowest BCUT2D eigenvalue weighted by Gasteiger charge is -2.13. The Labute approximate surface area is 211 Å². The molecule has 0 bridgehead atoms. The van der Waals surface area contributed by atoms with Crippen molar-refractivity contribution < 1.29 is 19.1 Å². The van der Waals surface area contributed by atoms with E-state index in [0.29, 0.717) is 29.2 Å². The van der Waals surface area contributed by atoms with Gasteiger partial charge in [-0.15, -0.1) is 0 Å². The third-order valence-electron chi connectivity index (χ3n) is 5.12. The third kappa shape index (κ3) is 7.20. The van der Waals surface area contributed by atoms with Gasteiger partial charge in [-0.25, -0.2) is 5.43 Å². The Morgan fingerprint density at radius 1 is 0.944 bits per heavy atom. The Bertz CT molecular complexity index is 1240. The minimum absolute atomic E-state index is 0.0582. The Hall–Kier alpha value is -4.59. The predicted molar refractivity (Wildman–Crippen MR) is 143 cm³/mol. The van der Waals surface area contributed by atoms with Gasteiger partial charge in [-0.05, 0) is 66.6 Å². The zero-order valence-electron chi connectivity index (χ0n) is 20.8. The summed E-state index contributed by atoms with van der Waals surface area (Å²) in [4.78, 5) is 27.7. The number of nitrogens with one attached hydrogen (secondary N) is 2. The van der Waals surface area contributed by atoms with Crippen LogP contribution >= 0.6 is 0 Å². The first-order chi connectivity index (χ1) is 17.4. The van der Waals surface area contributed by atoms with Gasteiger partial charge in [-0.3, -0.25) is 9.59 Å². The van der Waals surface area contributed by atoms with Gasteiger partial charge in [0.2, 0.25) is 0 Å². The topological polar surface area (TPSA) is 92.3 Å². The first kappa shape index (κ1) is 26.0. The molecule has 0 heterocycles. The second kappa shape index (κ2) is 12.8. The molecule has 0 saturated heterocycles. The second-order valence-electron chi connectivity index (χ2n) is 7.91. The number of ether oxygens (including phenoxy) is 2. The molecular formula is C28H30N4O4. The van der Waals surface area contributed by atoms with E-state index in [9.17, 15) is 9.59 Å². The van der Waals surface area contributed by atoms with Gasteiger partial charge < -0.3 is 19.7 Å². The van der Waals surface area contributed by atoms with Crippen LogP contribution in [0.1, 0.15) is 28.4 Å². The number of amides is 2. The van der Waals surface area contributed by atoms with Crippen molar-refractivity contribution in [2.75, 3.05) is 32.7 Å². The zero-order valence-corrected chi connectivity index (χ0v) is 20.8. The lowest BCUT2D eigenvalue weighted by Crippen LogP contribution is -2.32. The van der Waals surface area contributed by atoms with Crippen molar-refractivity contribution in [1.29, 1.82) is 0 Å². The maximum absolute atomic E-state index is 13.0. The first-order valence-electron chi connectivity index (χ1n) is 11.4. The van der Waals surface area contributed by atoms with Crippen LogP contribution in [0.25, 0.3) is 6.08 Å². The molecule has 3 rings (SSSR count). The summed E-state index contributed by atoms with van der Waals surface area (Å²) in [5.74, 6) is 0.214. The smallest absolute Gasteiger partial charge is 0.287 e. The summed E-state index contributed by atoms with van der Waals surface area (Å²) in [6, 6.07) is 21.6. The number of anilines is 1. The summed E-state index contributed by atoms with van der Waals surface area (Å²) in [7, 11) is 5.45. The summed E-state index contributed by atoms with van der Waals surface area (Å²) in [6.45, 7) is 2.41. The van der Waals surface area contributed by atoms with Gasteiger partial charge in [0.15, 0.2) is 11.5 Å². The quantitative estimate of drug-likeness (QED) is 0.256. The molecule has 0 aliphatic rings. The highest BCUT2D eigenvalue weighted by Crippen LogP contribution is 2.27. The molecule has 3 aromatic carbocycles. The third-order valence-corrected chi connectivity index (χ3v) is 5.12. The number of nitrogens with zero attached hydrogens (tertiary/aromatic N) is 2. The highest BCUT2D eigenvalue weighted by atomic mass is 16.5. The van der Waals surface area contributed by atoms with Crippen LogP contribution in [-0.2, 0) is 4.79 Å². The fourth-order valence-corrected chi connectivity index (χ4v) is 3.24. The van der Waals surface area contributed by atoms with Crippen LogP contribution in [0.4, 0.5) is 5.69 Å². The van der Waals surface area contributed by atoms with Gasteiger partial charge in [0, 0.05) is 25.3 Å². The fraction of sp³-hybridized carbons (Fsp3) is 0.179. The van der Waals surface area contributed by atoms with Crippen molar-refractivity contribution in [3.05, 3.63) is 95.2 Å². The van der Waals surface area contributed by atoms with Gasteiger partial charge in [0.25, 0.3) is 11.8 Å². The van der Waals surface area contributed by atoms with E-state index < -0.39 is 11.8 Å². The van der Waals surface area contributed by atoms with Crippen molar-refractivity contribution >= 4 is 29.8 Å². The van der Waals surface area contributed by atoms with Crippen molar-refractivity contribution in [2.45, 2.75) is 6.92 Å². The van der Waals surface area contributed by atoms with Crippen molar-refractivity contribution in [3.8, 4) is 11.5 Å². The Morgan fingerprint density at radius 2 is 1.64 bits per heavy atom. The normalized spacial score (nSPS) is 11.2. The summed E-state index contributed by atoms with van der Waals surface area (Å²) >= 11 is 0. The standard InChI is InChI=1S/C28H30N4O4/c1-5-36-25-16-13-21(18-26(25)35-4)19-29-31-28(34)24(30-27(33)22-9-7-6-8-10-22)17-20-11-14-23(15-12-20)32(2)3/h6-19H,5H2,1-4H3,(H,30,33)(H,31,34)/b24-17+,29-19-. The summed E-state index contributed by atoms with van der Waals surface area (Å²) in [5, 5.41) is 6.75. The second-order valence-corrected chi connectivity index (χ2v) is 7.91. The number of hydrazone groups is 1. The molecule has 0 aliphatic carbocycles. The van der Waals surface area contributed by atoms with Crippen molar-refractivity contribution in [3.63, 3.8) is 0 Å². The van der Waals surface area contributed by atoms with Gasteiger partial charge in [0.05, 0.1) is 19.9 Å². The van der Waals surface area contributed by atoms with Crippen LogP contribution in [0.3, 0.4) is 0 Å². The number of carbonyl (C=O) groups is 2. The van der Waals surface area contributed by atoms with E-state index in [4.69, 9.17) is 9.47 Å². The lowest BCUT2D eigenvalue weighted by atomic mass is 10.1. The number of methoxy groups -OCH3 is 1. The molecule has 0 saturated carbocycles. The molecule has 0 radical (unpaired) electrons. The summed E-state index contributed by atoms with van der Waals surface area (Å²) < 4.78 is 10.9. The zero-order chi connectivity index (χ0) is 25.9. The number of carbonyl (C=O) groups excluding carboxylic acids is 2. The fourth-order valence-electron chi connectivity index (χ4n) is 3.24. The van der Waals surface area contributed by atoms with Gasteiger partial charge in [-0.1, -0.05) is 30.3 Å². The number of rotatable bonds is 10. The number of hydrogen-bond acceptors (Lipinski definition) is 6. The minimum atomic E-state index is -0.565. The number of benzene rings is 3. The molecule has 8 nitrogen and oxygen atoms in total. The van der Waals surface area contributed by atoms with Crippen LogP contribution in [0.5, 0.6) is 11.5 Å². The Kier molecular flexibility index (Phi) is 9.22. The molecule has 2 amide bonds. The van der Waals surface area contributed by atoms with Gasteiger partial charge in [-0.2, -0.15) is 5.10 Å². The van der Waals surface area contributed by atoms with E-state index >= 15 is 0 Å². The van der Waals surface area contributed by atoms with Crippen molar-refractivity contribution in [2.24, 2.45) is 5.10 Å². The maximum Gasteiger partial charge on any atom is 0.287 e. The SMILES string of the molecule is CCOc1ccc(/C=N\NC(=O)/C(=C\c2ccc(N(C)C)cc2)NC(=O)c2ccccc2)cc1OC. The lowest BCUT2D eigenvalue weighted by molar-refractivity contribution is -0.117. The molecule has 186 valence electrons. The largest absolute Gasteiger partial charge is 0.493 e. The highest BCUT2D eigenvalue weighted by Gasteiger charge is 2.14. The predicted octanol–water partition coefficient (Wildman–Crippen LogP) is 4.08. The van der Waals surface area contributed by atoms with E-state index in [2.05, 4.69) is 15.8 Å². The molecule has 0 atom stereocenters. The van der Waals surface area contributed by atoms with E-state index in [1.165, 1.54) is 6.21 Å². The Balaban J connectivity index is 1.80. The molecule has 2 N–H and O–H groups in total.